The fourth-order valence-electron chi connectivity index (χ4n) is 6.42. The van der Waals surface area contributed by atoms with Crippen LogP contribution in [0.15, 0.2) is 79.0 Å². The summed E-state index contributed by atoms with van der Waals surface area (Å²) in [5.74, 6) is 0.505. The molecule has 212 valence electrons. The van der Waals surface area contributed by atoms with Gasteiger partial charge in [-0.25, -0.2) is 4.98 Å². The molecule has 6 rings (SSSR count). The van der Waals surface area contributed by atoms with Gasteiger partial charge >= 0.3 is 0 Å². The Labute approximate surface area is 240 Å². The molecule has 2 aliphatic rings. The SMILES string of the molecule is C[C@@H]1CN(C(=O)C2(N)C[C@@H]2c2ccccc2)[C@@H](CCCc2cnc(N)[nH]2)CN1C(=O)Cc1ccc2ccccc2c1. The van der Waals surface area contributed by atoms with Crippen molar-refractivity contribution >= 4 is 28.5 Å². The second kappa shape index (κ2) is 11.0. The van der Waals surface area contributed by atoms with E-state index in [4.69, 9.17) is 11.5 Å². The maximum Gasteiger partial charge on any atom is 0.243 e. The van der Waals surface area contributed by atoms with E-state index in [1.165, 1.54) is 0 Å². The van der Waals surface area contributed by atoms with Crippen LogP contribution in [0.5, 0.6) is 0 Å². The third-order valence-electron chi connectivity index (χ3n) is 8.83. The van der Waals surface area contributed by atoms with E-state index >= 15 is 0 Å². The Hall–Kier alpha value is -4.17. The number of nitrogen functional groups attached to an aromatic ring is 1. The van der Waals surface area contributed by atoms with Crippen LogP contribution in [0.4, 0.5) is 5.95 Å². The molecule has 1 aliphatic heterocycles. The lowest BCUT2D eigenvalue weighted by atomic mass is 9.97. The number of imidazole rings is 1. The summed E-state index contributed by atoms with van der Waals surface area (Å²) >= 11 is 0. The largest absolute Gasteiger partial charge is 0.369 e. The Balaban J connectivity index is 1.18. The fourth-order valence-corrected chi connectivity index (χ4v) is 6.42. The Kier molecular flexibility index (Phi) is 7.26. The van der Waals surface area contributed by atoms with Crippen molar-refractivity contribution in [2.45, 2.75) is 62.6 Å². The van der Waals surface area contributed by atoms with Gasteiger partial charge in [-0.15, -0.1) is 0 Å². The highest BCUT2D eigenvalue weighted by atomic mass is 16.2. The molecule has 1 aliphatic carbocycles. The number of H-pyrrole nitrogens is 1. The second-order valence-electron chi connectivity index (χ2n) is 11.8. The summed E-state index contributed by atoms with van der Waals surface area (Å²) in [6.45, 7) is 3.01. The monoisotopic (exact) mass is 550 g/mol. The number of rotatable bonds is 8. The summed E-state index contributed by atoms with van der Waals surface area (Å²) in [7, 11) is 0. The molecule has 2 amide bonds. The molecule has 1 saturated carbocycles. The molecule has 1 aromatic heterocycles. The van der Waals surface area contributed by atoms with Crippen LogP contribution in [0.2, 0.25) is 0 Å². The third-order valence-corrected chi connectivity index (χ3v) is 8.83. The molecule has 5 N–H and O–H groups in total. The molecule has 3 aromatic carbocycles. The first kappa shape index (κ1) is 27.0. The van der Waals surface area contributed by atoms with Crippen molar-refractivity contribution < 1.29 is 9.59 Å². The second-order valence-corrected chi connectivity index (χ2v) is 11.8. The number of anilines is 1. The topological polar surface area (TPSA) is 121 Å². The zero-order chi connectivity index (χ0) is 28.6. The minimum Gasteiger partial charge on any atom is -0.369 e. The highest BCUT2D eigenvalue weighted by Gasteiger charge is 2.60. The first-order valence-electron chi connectivity index (χ1n) is 14.5. The molecule has 2 heterocycles. The number of benzene rings is 3. The third kappa shape index (κ3) is 5.57. The van der Waals surface area contributed by atoms with E-state index in [2.05, 4.69) is 34.2 Å². The number of aromatic amines is 1. The lowest BCUT2D eigenvalue weighted by Gasteiger charge is -2.46. The molecular weight excluding hydrogens is 512 g/mol. The van der Waals surface area contributed by atoms with Crippen molar-refractivity contribution in [2.75, 3.05) is 18.8 Å². The number of carbonyl (C=O) groups excluding carboxylic acids is 2. The number of piperazine rings is 1. The summed E-state index contributed by atoms with van der Waals surface area (Å²) in [5.41, 5.74) is 14.7. The number of nitrogens with zero attached hydrogens (tertiary/aromatic N) is 3. The van der Waals surface area contributed by atoms with Crippen LogP contribution in [-0.4, -0.2) is 62.3 Å². The number of fused-ring (bicyclic) bond motifs is 1. The summed E-state index contributed by atoms with van der Waals surface area (Å²) in [6, 6.07) is 24.2. The molecule has 0 bridgehead atoms. The lowest BCUT2D eigenvalue weighted by Crippen LogP contribution is -2.63. The molecule has 8 nitrogen and oxygen atoms in total. The van der Waals surface area contributed by atoms with Crippen LogP contribution in [0.25, 0.3) is 10.8 Å². The molecule has 8 heteroatoms. The molecule has 2 fully saturated rings. The van der Waals surface area contributed by atoms with Crippen LogP contribution < -0.4 is 11.5 Å². The van der Waals surface area contributed by atoms with Gasteiger partial charge in [0, 0.05) is 36.8 Å². The van der Waals surface area contributed by atoms with E-state index in [0.29, 0.717) is 31.9 Å². The maximum absolute atomic E-state index is 14.0. The van der Waals surface area contributed by atoms with Gasteiger partial charge in [0.1, 0.15) is 5.54 Å². The predicted octanol–water partition coefficient (Wildman–Crippen LogP) is 4.02. The Morgan fingerprint density at radius 2 is 1.76 bits per heavy atom. The van der Waals surface area contributed by atoms with Crippen molar-refractivity contribution in [3.8, 4) is 0 Å². The van der Waals surface area contributed by atoms with E-state index in [-0.39, 0.29) is 29.8 Å². The van der Waals surface area contributed by atoms with E-state index in [0.717, 1.165) is 46.9 Å². The van der Waals surface area contributed by atoms with E-state index in [9.17, 15) is 9.59 Å². The molecule has 0 spiro atoms. The highest BCUT2D eigenvalue weighted by molar-refractivity contribution is 5.92. The highest BCUT2D eigenvalue weighted by Crippen LogP contribution is 2.51. The van der Waals surface area contributed by atoms with Crippen LogP contribution >= 0.6 is 0 Å². The normalized spacial score (nSPS) is 24.0. The van der Waals surface area contributed by atoms with Gasteiger partial charge in [-0.1, -0.05) is 72.8 Å². The molecule has 1 saturated heterocycles. The summed E-state index contributed by atoms with van der Waals surface area (Å²) in [6.07, 6.45) is 5.08. The molecule has 41 heavy (non-hydrogen) atoms. The van der Waals surface area contributed by atoms with Crippen molar-refractivity contribution in [1.82, 2.24) is 19.8 Å². The average Bonchev–Trinajstić information content (AvgIpc) is 3.52. The average molecular weight is 551 g/mol. The molecule has 0 radical (unpaired) electrons. The standard InChI is InChI=1S/C33H38N6O2/c1-22-20-39(31(41)33(35)18-29(33)25-9-3-2-4-10-25)28(13-7-12-27-19-36-32(34)37-27)21-38(22)30(40)17-23-14-15-24-8-5-6-11-26(24)16-23/h2-6,8-11,14-16,19,22,28-29H,7,12-13,17-18,20-21,35H2,1H3,(H3,34,36,37)/t22-,28+,29-,33?/m1/s1. The minimum absolute atomic E-state index is 0.00406. The number of nitrogens with two attached hydrogens (primary N) is 2. The summed E-state index contributed by atoms with van der Waals surface area (Å²) in [4.78, 5) is 38.8. The first-order chi connectivity index (χ1) is 19.8. The maximum atomic E-state index is 14.0. The van der Waals surface area contributed by atoms with Crippen molar-refractivity contribution in [3.63, 3.8) is 0 Å². The van der Waals surface area contributed by atoms with E-state index in [1.54, 1.807) is 6.20 Å². The van der Waals surface area contributed by atoms with E-state index in [1.807, 2.05) is 65.3 Å². The van der Waals surface area contributed by atoms with Crippen LogP contribution in [0, 0.1) is 0 Å². The number of hydrogen-bond donors (Lipinski definition) is 3. The van der Waals surface area contributed by atoms with Gasteiger partial charge in [0.15, 0.2) is 5.95 Å². The number of aromatic nitrogens is 2. The Morgan fingerprint density at radius 1 is 1.00 bits per heavy atom. The van der Waals surface area contributed by atoms with Gasteiger partial charge in [0.2, 0.25) is 11.8 Å². The zero-order valence-corrected chi connectivity index (χ0v) is 23.5. The van der Waals surface area contributed by atoms with Crippen LogP contribution in [-0.2, 0) is 22.4 Å². The quantitative estimate of drug-likeness (QED) is 0.306. The summed E-state index contributed by atoms with van der Waals surface area (Å²) < 4.78 is 0. The van der Waals surface area contributed by atoms with Crippen molar-refractivity contribution in [2.24, 2.45) is 5.73 Å². The summed E-state index contributed by atoms with van der Waals surface area (Å²) in [5, 5.41) is 2.29. The number of hydrogen-bond acceptors (Lipinski definition) is 5. The predicted molar refractivity (Wildman–Crippen MR) is 161 cm³/mol. The van der Waals surface area contributed by atoms with E-state index < -0.39 is 5.54 Å². The number of nitrogens with one attached hydrogen (secondary N) is 1. The van der Waals surface area contributed by atoms with Gasteiger partial charge in [0.25, 0.3) is 0 Å². The number of aryl methyl sites for hydroxylation is 1. The van der Waals surface area contributed by atoms with Gasteiger partial charge in [-0.05, 0) is 54.5 Å². The molecular formula is C33H38N6O2. The Bertz CT molecular complexity index is 1550. The number of carbonyl (C=O) groups is 2. The van der Waals surface area contributed by atoms with Crippen LogP contribution in [0.1, 0.15) is 48.9 Å². The fraction of sp³-hybridized carbons (Fsp3) is 0.364. The van der Waals surface area contributed by atoms with Crippen molar-refractivity contribution in [3.05, 3.63) is 95.8 Å². The minimum atomic E-state index is -0.894. The molecule has 1 unspecified atom stereocenters. The smallest absolute Gasteiger partial charge is 0.243 e. The lowest BCUT2D eigenvalue weighted by molar-refractivity contribution is -0.147. The zero-order valence-electron chi connectivity index (χ0n) is 23.5. The Morgan fingerprint density at radius 3 is 2.51 bits per heavy atom. The molecule has 4 aromatic rings. The van der Waals surface area contributed by atoms with Gasteiger partial charge in [-0.3, -0.25) is 9.59 Å². The van der Waals surface area contributed by atoms with Gasteiger partial charge in [0.05, 0.1) is 12.6 Å². The molecule has 4 atom stereocenters. The first-order valence-corrected chi connectivity index (χ1v) is 14.5. The van der Waals surface area contributed by atoms with Crippen molar-refractivity contribution in [1.29, 1.82) is 0 Å². The van der Waals surface area contributed by atoms with Crippen LogP contribution in [0.3, 0.4) is 0 Å². The van der Waals surface area contributed by atoms with Gasteiger partial charge < -0.3 is 26.3 Å². The van der Waals surface area contributed by atoms with Gasteiger partial charge in [-0.2, -0.15) is 0 Å². The number of amides is 2.